The van der Waals surface area contributed by atoms with Gasteiger partial charge in [0.2, 0.25) is 0 Å². The number of Topliss-reactive ketones (excluding diaryl/α,β-unsaturated/α-hetero) is 3. The second kappa shape index (κ2) is 7.33. The predicted octanol–water partition coefficient (Wildman–Crippen LogP) is 1.58. The summed E-state index contributed by atoms with van der Waals surface area (Å²) in [5.41, 5.74) is -0.156. The van der Waals surface area contributed by atoms with Crippen LogP contribution >= 0.6 is 0 Å². The van der Waals surface area contributed by atoms with Crippen molar-refractivity contribution in [2.45, 2.75) is 52.4 Å². The van der Waals surface area contributed by atoms with Crippen LogP contribution in [0.25, 0.3) is 0 Å². The van der Waals surface area contributed by atoms with Gasteiger partial charge < -0.3 is 10.2 Å². The molecule has 0 bridgehead atoms. The van der Waals surface area contributed by atoms with Crippen LogP contribution in [0.2, 0.25) is 0 Å². The summed E-state index contributed by atoms with van der Waals surface area (Å²) in [4.78, 5) is 47.1. The molecular weight excluding hydrogens is 324 g/mol. The summed E-state index contributed by atoms with van der Waals surface area (Å²) in [6.45, 7) is 3.45. The number of carboxylic acids is 1. The van der Waals surface area contributed by atoms with Gasteiger partial charge >= 0.3 is 5.97 Å². The zero-order valence-electron chi connectivity index (χ0n) is 14.5. The van der Waals surface area contributed by atoms with Crippen LogP contribution in [0, 0.1) is 17.3 Å². The Bertz CT molecular complexity index is 671. The predicted molar refractivity (Wildman–Crippen MR) is 87.3 cm³/mol. The van der Waals surface area contributed by atoms with Crippen LogP contribution in [0.15, 0.2) is 23.5 Å². The third-order valence-electron chi connectivity index (χ3n) is 5.75. The maximum Gasteiger partial charge on any atom is 0.320 e. The van der Waals surface area contributed by atoms with Crippen molar-refractivity contribution in [2.75, 3.05) is 0 Å². The first-order valence-corrected chi connectivity index (χ1v) is 8.55. The van der Waals surface area contributed by atoms with E-state index < -0.39 is 17.1 Å². The highest BCUT2D eigenvalue weighted by molar-refractivity contribution is 5.96. The van der Waals surface area contributed by atoms with E-state index in [9.17, 15) is 24.3 Å². The lowest BCUT2D eigenvalue weighted by molar-refractivity contribution is -0.302. The topological polar surface area (TPSA) is 112 Å². The van der Waals surface area contributed by atoms with Crippen molar-refractivity contribution < 1.29 is 29.4 Å². The van der Waals surface area contributed by atoms with E-state index in [4.69, 9.17) is 5.11 Å². The zero-order chi connectivity index (χ0) is 18.8. The van der Waals surface area contributed by atoms with Crippen LogP contribution in [-0.4, -0.2) is 28.4 Å². The molecule has 0 heterocycles. The minimum atomic E-state index is -1.57. The van der Waals surface area contributed by atoms with E-state index in [1.807, 2.05) is 6.92 Å². The van der Waals surface area contributed by atoms with E-state index in [0.717, 1.165) is 6.08 Å². The van der Waals surface area contributed by atoms with Gasteiger partial charge in [0.25, 0.3) is 0 Å². The van der Waals surface area contributed by atoms with E-state index in [1.54, 1.807) is 0 Å². The molecule has 2 fully saturated rings. The molecular formula is C19H23O6-. The molecule has 0 aliphatic heterocycles. The molecule has 6 heteroatoms. The van der Waals surface area contributed by atoms with E-state index in [1.165, 1.54) is 13.0 Å². The number of allylic oxidation sites excluding steroid dienone is 3. The minimum absolute atomic E-state index is 0.0125. The van der Waals surface area contributed by atoms with Gasteiger partial charge in [0.05, 0.1) is 0 Å². The quantitative estimate of drug-likeness (QED) is 0.443. The number of carboxylic acid groups (broad SMARTS) is 1. The van der Waals surface area contributed by atoms with Crippen LogP contribution < -0.4 is 5.11 Å². The lowest BCUT2D eigenvalue weighted by Crippen LogP contribution is -2.42. The molecule has 0 aromatic rings. The standard InChI is InChI=1S/C19H24O6/c1-11(3-6-16(22)18(24)25)14(20)7-4-12-13-5-8-17(23)19(13,2)10-9-15(12)21/h3,6,12-13,22H,4-5,7-10H2,1-2H3,(H,24,25)/p-1/b11-3+,16-6-/t12-,13-,19-/m0/s1. The van der Waals surface area contributed by atoms with Crippen LogP contribution in [-0.2, 0) is 19.2 Å². The zero-order valence-corrected chi connectivity index (χ0v) is 14.5. The Morgan fingerprint density at radius 2 is 1.96 bits per heavy atom. The van der Waals surface area contributed by atoms with E-state index in [0.29, 0.717) is 32.1 Å². The average molecular weight is 347 g/mol. The molecule has 0 radical (unpaired) electrons. The van der Waals surface area contributed by atoms with Crippen LogP contribution in [0.1, 0.15) is 52.4 Å². The maximum absolute atomic E-state index is 12.3. The van der Waals surface area contributed by atoms with Crippen LogP contribution in [0.4, 0.5) is 0 Å². The van der Waals surface area contributed by atoms with Gasteiger partial charge in [-0.3, -0.25) is 14.4 Å². The fourth-order valence-electron chi connectivity index (χ4n) is 4.07. The molecule has 25 heavy (non-hydrogen) atoms. The van der Waals surface area contributed by atoms with Crippen molar-refractivity contribution in [1.29, 1.82) is 0 Å². The van der Waals surface area contributed by atoms with Crippen molar-refractivity contribution in [2.24, 2.45) is 17.3 Å². The molecule has 0 unspecified atom stereocenters. The molecule has 2 saturated carbocycles. The van der Waals surface area contributed by atoms with Crippen molar-refractivity contribution >= 4 is 23.3 Å². The number of carbonyl (C=O) groups is 4. The monoisotopic (exact) mass is 347 g/mol. The largest absolute Gasteiger partial charge is 0.868 e. The van der Waals surface area contributed by atoms with E-state index in [2.05, 4.69) is 0 Å². The molecule has 6 nitrogen and oxygen atoms in total. The third-order valence-corrected chi connectivity index (χ3v) is 5.75. The Kier molecular flexibility index (Phi) is 5.60. The van der Waals surface area contributed by atoms with Gasteiger partial charge in [0.1, 0.15) is 11.6 Å². The maximum atomic E-state index is 12.3. The van der Waals surface area contributed by atoms with Crippen LogP contribution in [0.3, 0.4) is 0 Å². The molecule has 0 amide bonds. The molecule has 2 aliphatic rings. The van der Waals surface area contributed by atoms with Gasteiger partial charge in [-0.2, -0.15) is 0 Å². The molecule has 0 spiro atoms. The van der Waals surface area contributed by atoms with Gasteiger partial charge in [-0.1, -0.05) is 19.1 Å². The molecule has 136 valence electrons. The first-order valence-electron chi connectivity index (χ1n) is 8.55. The highest BCUT2D eigenvalue weighted by Gasteiger charge is 2.53. The Labute approximate surface area is 146 Å². The Morgan fingerprint density at radius 3 is 2.60 bits per heavy atom. The average Bonchev–Trinajstić information content (AvgIpc) is 2.87. The van der Waals surface area contributed by atoms with Gasteiger partial charge in [0, 0.05) is 30.6 Å². The lowest BCUT2D eigenvalue weighted by Gasteiger charge is -2.39. The summed E-state index contributed by atoms with van der Waals surface area (Å²) >= 11 is 0. The first-order chi connectivity index (χ1) is 11.7. The normalized spacial score (nSPS) is 30.3. The summed E-state index contributed by atoms with van der Waals surface area (Å²) in [5.74, 6) is -2.80. The summed E-state index contributed by atoms with van der Waals surface area (Å²) in [7, 11) is 0. The number of carbonyl (C=O) groups excluding carboxylic acids is 3. The molecule has 0 aromatic carbocycles. The molecule has 2 rings (SSSR count). The fraction of sp³-hybridized carbons (Fsp3) is 0.579. The molecule has 0 aromatic heterocycles. The van der Waals surface area contributed by atoms with Crippen molar-refractivity contribution in [3.05, 3.63) is 23.5 Å². The number of hydrogen-bond donors (Lipinski definition) is 1. The molecule has 1 N–H and O–H groups in total. The SMILES string of the molecule is C/C(=C\C=C(/[O-])C(=O)O)C(=O)CC[C@@H]1C(=O)CC[C@]2(C)C(=O)CC[C@@H]12. The number of aliphatic carboxylic acids is 1. The van der Waals surface area contributed by atoms with Gasteiger partial charge in [-0.15, -0.1) is 0 Å². The second-order valence-electron chi connectivity index (χ2n) is 7.21. The van der Waals surface area contributed by atoms with Crippen LogP contribution in [0.5, 0.6) is 0 Å². The van der Waals surface area contributed by atoms with Crippen molar-refractivity contribution in [1.82, 2.24) is 0 Å². The minimum Gasteiger partial charge on any atom is -0.868 e. The summed E-state index contributed by atoms with van der Waals surface area (Å²) in [6.07, 6.45) is 4.79. The number of rotatable bonds is 6. The third kappa shape index (κ3) is 3.89. The summed E-state index contributed by atoms with van der Waals surface area (Å²) in [5, 5.41) is 19.5. The molecule has 0 saturated heterocycles. The Hall–Kier alpha value is -2.24. The fourth-order valence-corrected chi connectivity index (χ4v) is 4.07. The lowest BCUT2D eigenvalue weighted by atomic mass is 9.62. The van der Waals surface area contributed by atoms with Crippen molar-refractivity contribution in [3.63, 3.8) is 0 Å². The summed E-state index contributed by atoms with van der Waals surface area (Å²) < 4.78 is 0. The number of fused-ring (bicyclic) bond motifs is 1. The van der Waals surface area contributed by atoms with E-state index >= 15 is 0 Å². The molecule has 3 atom stereocenters. The highest BCUT2D eigenvalue weighted by Crippen LogP contribution is 2.52. The van der Waals surface area contributed by atoms with Gasteiger partial charge in [-0.25, -0.2) is 4.79 Å². The number of hydrogen-bond acceptors (Lipinski definition) is 5. The van der Waals surface area contributed by atoms with Gasteiger partial charge in [-0.05, 0) is 43.4 Å². The van der Waals surface area contributed by atoms with Gasteiger partial charge in [0.15, 0.2) is 5.78 Å². The second-order valence-corrected chi connectivity index (χ2v) is 7.21. The Morgan fingerprint density at radius 1 is 1.28 bits per heavy atom. The number of ketones is 3. The first kappa shape index (κ1) is 19.1. The smallest absolute Gasteiger partial charge is 0.320 e. The van der Waals surface area contributed by atoms with Crippen molar-refractivity contribution in [3.8, 4) is 0 Å². The molecule has 2 aliphatic carbocycles. The summed E-state index contributed by atoms with van der Waals surface area (Å²) in [6, 6.07) is 0. The highest BCUT2D eigenvalue weighted by atomic mass is 16.4. The Balaban J connectivity index is 2.02. The van der Waals surface area contributed by atoms with E-state index in [-0.39, 0.29) is 41.2 Å².